The minimum atomic E-state index is -0.541. The normalized spacial score (nSPS) is 13.3. The maximum absolute atomic E-state index is 13.0. The number of amides is 1. The summed E-state index contributed by atoms with van der Waals surface area (Å²) in [5, 5.41) is 2.78. The van der Waals surface area contributed by atoms with Crippen molar-refractivity contribution in [1.82, 2.24) is 5.32 Å². The summed E-state index contributed by atoms with van der Waals surface area (Å²) in [6.45, 7) is 3.81. The van der Waals surface area contributed by atoms with Gasteiger partial charge in [-0.25, -0.2) is 4.39 Å². The Morgan fingerprint density at radius 3 is 2.50 bits per heavy atom. The summed E-state index contributed by atoms with van der Waals surface area (Å²) in [7, 11) is 0. The molecule has 0 aliphatic rings. The SMILES string of the molecule is CCOC(=O)CC(NC(=O)CCC(C)N)c1ccc(F)cc1. The molecule has 0 saturated heterocycles. The predicted octanol–water partition coefficient (Wildman–Crippen LogP) is 2.06. The van der Waals surface area contributed by atoms with E-state index in [4.69, 9.17) is 10.5 Å². The molecule has 6 heteroatoms. The zero-order chi connectivity index (χ0) is 16.5. The highest BCUT2D eigenvalue weighted by Gasteiger charge is 2.19. The number of carbonyl (C=O) groups excluding carboxylic acids is 2. The number of nitrogens with two attached hydrogens (primary N) is 1. The standard InChI is InChI=1S/C16H23FN2O3/c1-3-22-16(21)10-14(12-5-7-13(17)8-6-12)19-15(20)9-4-11(2)18/h5-8,11,14H,3-4,9-10,18H2,1-2H3,(H,19,20). The number of esters is 1. The third-order valence-corrected chi connectivity index (χ3v) is 3.11. The molecule has 1 aromatic rings. The molecule has 5 nitrogen and oxygen atoms in total. The lowest BCUT2D eigenvalue weighted by molar-refractivity contribution is -0.143. The summed E-state index contributed by atoms with van der Waals surface area (Å²) in [4.78, 5) is 23.6. The van der Waals surface area contributed by atoms with Gasteiger partial charge in [0.15, 0.2) is 0 Å². The lowest BCUT2D eigenvalue weighted by Crippen LogP contribution is -2.31. The van der Waals surface area contributed by atoms with Crippen LogP contribution < -0.4 is 11.1 Å². The minimum absolute atomic E-state index is 0.00336. The van der Waals surface area contributed by atoms with E-state index in [9.17, 15) is 14.0 Å². The van der Waals surface area contributed by atoms with Crippen LogP contribution in [0.4, 0.5) is 4.39 Å². The zero-order valence-electron chi connectivity index (χ0n) is 13.0. The number of hydrogen-bond donors (Lipinski definition) is 2. The van der Waals surface area contributed by atoms with Gasteiger partial charge in [0.25, 0.3) is 0 Å². The van der Waals surface area contributed by atoms with Gasteiger partial charge in [-0.1, -0.05) is 12.1 Å². The summed E-state index contributed by atoms with van der Waals surface area (Å²) in [6, 6.07) is 5.07. The molecule has 3 N–H and O–H groups in total. The first-order valence-electron chi connectivity index (χ1n) is 7.38. The minimum Gasteiger partial charge on any atom is -0.466 e. The maximum atomic E-state index is 13.0. The first kappa shape index (κ1) is 18.1. The number of rotatable bonds is 8. The Bertz CT molecular complexity index is 489. The number of ether oxygens (including phenoxy) is 1. The molecule has 1 amide bonds. The average Bonchev–Trinajstić information content (AvgIpc) is 2.45. The first-order valence-corrected chi connectivity index (χ1v) is 7.38. The van der Waals surface area contributed by atoms with Gasteiger partial charge in [0, 0.05) is 12.5 Å². The van der Waals surface area contributed by atoms with E-state index < -0.39 is 12.0 Å². The third-order valence-electron chi connectivity index (χ3n) is 3.11. The van der Waals surface area contributed by atoms with E-state index in [1.165, 1.54) is 12.1 Å². The highest BCUT2D eigenvalue weighted by molar-refractivity contribution is 5.78. The molecular weight excluding hydrogens is 287 g/mol. The predicted molar refractivity (Wildman–Crippen MR) is 81.4 cm³/mol. The Labute approximate surface area is 130 Å². The number of benzene rings is 1. The molecule has 0 radical (unpaired) electrons. The number of halogens is 1. The van der Waals surface area contributed by atoms with Gasteiger partial charge in [-0.2, -0.15) is 0 Å². The van der Waals surface area contributed by atoms with Crippen molar-refractivity contribution < 1.29 is 18.7 Å². The Morgan fingerprint density at radius 2 is 1.95 bits per heavy atom. The van der Waals surface area contributed by atoms with Crippen molar-refractivity contribution in [2.24, 2.45) is 5.73 Å². The second kappa shape index (κ2) is 9.15. The highest BCUT2D eigenvalue weighted by Crippen LogP contribution is 2.18. The van der Waals surface area contributed by atoms with Crippen LogP contribution in [0.3, 0.4) is 0 Å². The second-order valence-electron chi connectivity index (χ2n) is 5.20. The molecule has 0 spiro atoms. The molecular formula is C16H23FN2O3. The maximum Gasteiger partial charge on any atom is 0.308 e. The lowest BCUT2D eigenvalue weighted by atomic mass is 10.0. The zero-order valence-corrected chi connectivity index (χ0v) is 13.0. The van der Waals surface area contributed by atoms with Gasteiger partial charge in [0.2, 0.25) is 5.91 Å². The van der Waals surface area contributed by atoms with Crippen LogP contribution in [0, 0.1) is 5.82 Å². The molecule has 22 heavy (non-hydrogen) atoms. The van der Waals surface area contributed by atoms with Gasteiger partial charge in [0.05, 0.1) is 19.1 Å². The largest absolute Gasteiger partial charge is 0.466 e. The smallest absolute Gasteiger partial charge is 0.308 e. The Hall–Kier alpha value is -1.95. The van der Waals surface area contributed by atoms with Crippen LogP contribution in [-0.2, 0) is 14.3 Å². The summed E-state index contributed by atoms with van der Waals surface area (Å²) in [6.07, 6.45) is 0.836. The van der Waals surface area contributed by atoms with E-state index >= 15 is 0 Å². The van der Waals surface area contributed by atoms with Crippen LogP contribution in [0.15, 0.2) is 24.3 Å². The molecule has 2 unspecified atom stereocenters. The van der Waals surface area contributed by atoms with E-state index in [0.717, 1.165) is 0 Å². The molecule has 2 atom stereocenters. The molecule has 0 aliphatic carbocycles. The fraction of sp³-hybridized carbons (Fsp3) is 0.500. The van der Waals surface area contributed by atoms with Crippen molar-refractivity contribution >= 4 is 11.9 Å². The fourth-order valence-electron chi connectivity index (χ4n) is 1.96. The molecule has 0 saturated carbocycles. The van der Waals surface area contributed by atoms with E-state index in [0.29, 0.717) is 12.0 Å². The molecule has 122 valence electrons. The quantitative estimate of drug-likeness (QED) is 0.720. The van der Waals surface area contributed by atoms with E-state index in [2.05, 4.69) is 5.32 Å². The topological polar surface area (TPSA) is 81.4 Å². The van der Waals surface area contributed by atoms with Gasteiger partial charge in [-0.05, 0) is 38.0 Å². The molecule has 1 rings (SSSR count). The van der Waals surface area contributed by atoms with Crippen LogP contribution in [0.1, 0.15) is 44.7 Å². The van der Waals surface area contributed by atoms with E-state index in [1.54, 1.807) is 19.1 Å². The van der Waals surface area contributed by atoms with Crippen LogP contribution >= 0.6 is 0 Å². The molecule has 0 aromatic heterocycles. The summed E-state index contributed by atoms with van der Waals surface area (Å²) in [5.41, 5.74) is 6.28. The van der Waals surface area contributed by atoms with Gasteiger partial charge in [-0.15, -0.1) is 0 Å². The van der Waals surface area contributed by atoms with Crippen molar-refractivity contribution in [2.45, 2.75) is 45.2 Å². The van der Waals surface area contributed by atoms with Crippen LogP contribution in [-0.4, -0.2) is 24.5 Å². The summed E-state index contributed by atoms with van der Waals surface area (Å²) < 4.78 is 17.9. The summed E-state index contributed by atoms with van der Waals surface area (Å²) in [5.74, 6) is -0.984. The Kier molecular flexibility index (Phi) is 7.52. The van der Waals surface area contributed by atoms with Crippen molar-refractivity contribution in [3.05, 3.63) is 35.6 Å². The average molecular weight is 310 g/mol. The van der Waals surface area contributed by atoms with Crippen LogP contribution in [0.25, 0.3) is 0 Å². The molecule has 0 fully saturated rings. The Morgan fingerprint density at radius 1 is 1.32 bits per heavy atom. The lowest BCUT2D eigenvalue weighted by Gasteiger charge is -2.19. The first-order chi connectivity index (χ1) is 10.4. The monoisotopic (exact) mass is 310 g/mol. The van der Waals surface area contributed by atoms with Crippen molar-refractivity contribution in [1.29, 1.82) is 0 Å². The number of carbonyl (C=O) groups is 2. The molecule has 0 heterocycles. The van der Waals surface area contributed by atoms with Crippen LogP contribution in [0.5, 0.6) is 0 Å². The van der Waals surface area contributed by atoms with Crippen molar-refractivity contribution in [3.8, 4) is 0 Å². The van der Waals surface area contributed by atoms with Crippen molar-refractivity contribution in [3.63, 3.8) is 0 Å². The summed E-state index contributed by atoms with van der Waals surface area (Å²) >= 11 is 0. The fourth-order valence-corrected chi connectivity index (χ4v) is 1.96. The van der Waals surface area contributed by atoms with E-state index in [-0.39, 0.29) is 37.2 Å². The highest BCUT2D eigenvalue weighted by atomic mass is 19.1. The molecule has 0 aliphatic heterocycles. The number of hydrogen-bond acceptors (Lipinski definition) is 4. The molecule has 0 bridgehead atoms. The van der Waals surface area contributed by atoms with Gasteiger partial charge in [-0.3, -0.25) is 9.59 Å². The Balaban J connectivity index is 2.75. The third kappa shape index (κ3) is 6.67. The van der Waals surface area contributed by atoms with E-state index in [1.807, 2.05) is 6.92 Å². The second-order valence-corrected chi connectivity index (χ2v) is 5.20. The van der Waals surface area contributed by atoms with Crippen LogP contribution in [0.2, 0.25) is 0 Å². The van der Waals surface area contributed by atoms with Gasteiger partial charge >= 0.3 is 5.97 Å². The van der Waals surface area contributed by atoms with Gasteiger partial charge < -0.3 is 15.8 Å². The molecule has 1 aromatic carbocycles. The number of nitrogens with one attached hydrogen (secondary N) is 1. The van der Waals surface area contributed by atoms with Gasteiger partial charge in [0.1, 0.15) is 5.82 Å². The van der Waals surface area contributed by atoms with Crippen molar-refractivity contribution in [2.75, 3.05) is 6.61 Å².